The second-order valence-electron chi connectivity index (χ2n) is 4.82. The minimum atomic E-state index is 0.970. The lowest BCUT2D eigenvalue weighted by Crippen LogP contribution is -2.10. The first-order valence-corrected chi connectivity index (χ1v) is 6.67. The maximum atomic E-state index is 4.38. The van der Waals surface area contributed by atoms with Crippen molar-refractivity contribution in [1.82, 2.24) is 4.98 Å². The van der Waals surface area contributed by atoms with E-state index in [-0.39, 0.29) is 0 Å². The van der Waals surface area contributed by atoms with Gasteiger partial charge in [0.25, 0.3) is 0 Å². The Kier molecular flexibility index (Phi) is 4.78. The number of aromatic nitrogens is 1. The zero-order valence-corrected chi connectivity index (χ0v) is 11.6. The SMILES string of the molecule is CN(C)c1ccc(NCCCc2ccccc2)cn1. The van der Waals surface area contributed by atoms with Crippen molar-refractivity contribution in [3.8, 4) is 0 Å². The van der Waals surface area contributed by atoms with Crippen molar-refractivity contribution < 1.29 is 0 Å². The highest BCUT2D eigenvalue weighted by Crippen LogP contribution is 2.11. The zero-order valence-electron chi connectivity index (χ0n) is 11.6. The number of nitrogens with zero attached hydrogens (tertiary/aromatic N) is 2. The summed E-state index contributed by atoms with van der Waals surface area (Å²) in [6.45, 7) is 0.970. The van der Waals surface area contributed by atoms with Gasteiger partial charge in [0.2, 0.25) is 0 Å². The third kappa shape index (κ3) is 4.28. The molecule has 1 N–H and O–H groups in total. The average molecular weight is 255 g/mol. The van der Waals surface area contributed by atoms with Crippen molar-refractivity contribution in [3.63, 3.8) is 0 Å². The molecule has 2 aromatic rings. The van der Waals surface area contributed by atoms with Gasteiger partial charge in [-0.15, -0.1) is 0 Å². The normalized spacial score (nSPS) is 10.2. The number of nitrogens with one attached hydrogen (secondary N) is 1. The van der Waals surface area contributed by atoms with Crippen LogP contribution in [0.2, 0.25) is 0 Å². The monoisotopic (exact) mass is 255 g/mol. The van der Waals surface area contributed by atoms with Crippen LogP contribution in [0, 0.1) is 0 Å². The third-order valence-electron chi connectivity index (χ3n) is 3.02. The molecule has 0 saturated heterocycles. The minimum absolute atomic E-state index is 0.970. The van der Waals surface area contributed by atoms with Crippen molar-refractivity contribution in [2.45, 2.75) is 12.8 Å². The van der Waals surface area contributed by atoms with Gasteiger partial charge in [0, 0.05) is 20.6 Å². The molecule has 0 bridgehead atoms. The van der Waals surface area contributed by atoms with E-state index < -0.39 is 0 Å². The first-order chi connectivity index (χ1) is 9.25. The second-order valence-corrected chi connectivity index (χ2v) is 4.82. The maximum Gasteiger partial charge on any atom is 0.128 e. The van der Waals surface area contributed by atoms with Gasteiger partial charge >= 0.3 is 0 Å². The zero-order chi connectivity index (χ0) is 13.5. The molecule has 0 fully saturated rings. The van der Waals surface area contributed by atoms with Gasteiger partial charge < -0.3 is 10.2 Å². The molecular formula is C16H21N3. The summed E-state index contributed by atoms with van der Waals surface area (Å²) in [7, 11) is 3.99. The van der Waals surface area contributed by atoms with Gasteiger partial charge in [-0.1, -0.05) is 30.3 Å². The van der Waals surface area contributed by atoms with Crippen LogP contribution in [0.1, 0.15) is 12.0 Å². The summed E-state index contributed by atoms with van der Waals surface area (Å²) < 4.78 is 0. The van der Waals surface area contributed by atoms with Gasteiger partial charge in [-0.25, -0.2) is 4.98 Å². The second kappa shape index (κ2) is 6.78. The Hall–Kier alpha value is -2.03. The largest absolute Gasteiger partial charge is 0.384 e. The van der Waals surface area contributed by atoms with Crippen LogP contribution in [0.4, 0.5) is 11.5 Å². The Morgan fingerprint density at radius 2 is 1.84 bits per heavy atom. The van der Waals surface area contributed by atoms with Gasteiger partial charge in [-0.2, -0.15) is 0 Å². The molecule has 100 valence electrons. The number of anilines is 2. The molecule has 1 aromatic carbocycles. The Balaban J connectivity index is 1.74. The van der Waals surface area contributed by atoms with Crippen molar-refractivity contribution in [2.75, 3.05) is 30.9 Å². The number of aryl methyl sites for hydroxylation is 1. The molecule has 0 spiro atoms. The van der Waals surface area contributed by atoms with Crippen LogP contribution >= 0.6 is 0 Å². The van der Waals surface area contributed by atoms with E-state index in [0.29, 0.717) is 0 Å². The van der Waals surface area contributed by atoms with Crippen LogP contribution in [0.5, 0.6) is 0 Å². The van der Waals surface area contributed by atoms with E-state index >= 15 is 0 Å². The number of rotatable bonds is 6. The highest BCUT2D eigenvalue weighted by atomic mass is 15.1. The molecule has 0 aliphatic carbocycles. The van der Waals surface area contributed by atoms with E-state index in [4.69, 9.17) is 0 Å². The number of pyridine rings is 1. The molecule has 3 nitrogen and oxygen atoms in total. The van der Waals surface area contributed by atoms with Gasteiger partial charge in [0.1, 0.15) is 5.82 Å². The summed E-state index contributed by atoms with van der Waals surface area (Å²) in [6, 6.07) is 14.7. The molecule has 0 atom stereocenters. The van der Waals surface area contributed by atoms with Gasteiger partial charge in [-0.05, 0) is 30.5 Å². The maximum absolute atomic E-state index is 4.38. The molecular weight excluding hydrogens is 234 g/mol. The number of benzene rings is 1. The smallest absolute Gasteiger partial charge is 0.128 e. The van der Waals surface area contributed by atoms with Crippen LogP contribution in [0.25, 0.3) is 0 Å². The van der Waals surface area contributed by atoms with E-state index in [0.717, 1.165) is 30.9 Å². The van der Waals surface area contributed by atoms with Crippen molar-refractivity contribution in [3.05, 3.63) is 54.2 Å². The Morgan fingerprint density at radius 1 is 1.05 bits per heavy atom. The van der Waals surface area contributed by atoms with Crippen molar-refractivity contribution >= 4 is 11.5 Å². The van der Waals surface area contributed by atoms with Crippen molar-refractivity contribution in [2.24, 2.45) is 0 Å². The lowest BCUT2D eigenvalue weighted by molar-refractivity contribution is 0.862. The lowest BCUT2D eigenvalue weighted by Gasteiger charge is -2.12. The van der Waals surface area contributed by atoms with E-state index in [1.807, 2.05) is 31.3 Å². The molecule has 2 rings (SSSR count). The molecule has 0 aliphatic heterocycles. The van der Waals surface area contributed by atoms with Crippen LogP contribution in [0.3, 0.4) is 0 Å². The molecule has 1 aromatic heterocycles. The van der Waals surface area contributed by atoms with Gasteiger partial charge in [0.15, 0.2) is 0 Å². The summed E-state index contributed by atoms with van der Waals surface area (Å²) >= 11 is 0. The summed E-state index contributed by atoms with van der Waals surface area (Å²) in [5.74, 6) is 0.981. The predicted octanol–water partition coefficient (Wildman–Crippen LogP) is 3.19. The molecule has 19 heavy (non-hydrogen) atoms. The topological polar surface area (TPSA) is 28.2 Å². The Morgan fingerprint density at radius 3 is 2.47 bits per heavy atom. The predicted molar refractivity (Wildman–Crippen MR) is 81.8 cm³/mol. The van der Waals surface area contributed by atoms with Crippen molar-refractivity contribution in [1.29, 1.82) is 0 Å². The average Bonchev–Trinajstić information content (AvgIpc) is 2.45. The number of hydrogen-bond donors (Lipinski definition) is 1. The highest BCUT2D eigenvalue weighted by molar-refractivity contribution is 5.47. The van der Waals surface area contributed by atoms with E-state index in [9.17, 15) is 0 Å². The fraction of sp³-hybridized carbons (Fsp3) is 0.312. The minimum Gasteiger partial charge on any atom is -0.384 e. The van der Waals surface area contributed by atoms with E-state index in [1.54, 1.807) is 0 Å². The summed E-state index contributed by atoms with van der Waals surface area (Å²) in [5.41, 5.74) is 2.48. The summed E-state index contributed by atoms with van der Waals surface area (Å²) in [4.78, 5) is 6.38. The summed E-state index contributed by atoms with van der Waals surface area (Å²) in [6.07, 6.45) is 4.12. The first kappa shape index (κ1) is 13.4. The molecule has 0 aliphatic rings. The summed E-state index contributed by atoms with van der Waals surface area (Å²) in [5, 5.41) is 3.40. The van der Waals surface area contributed by atoms with E-state index in [2.05, 4.69) is 46.7 Å². The molecule has 0 radical (unpaired) electrons. The number of hydrogen-bond acceptors (Lipinski definition) is 3. The van der Waals surface area contributed by atoms with Crippen LogP contribution in [-0.2, 0) is 6.42 Å². The fourth-order valence-corrected chi connectivity index (χ4v) is 1.93. The molecule has 3 heteroatoms. The molecule has 1 heterocycles. The van der Waals surface area contributed by atoms with E-state index in [1.165, 1.54) is 5.56 Å². The third-order valence-corrected chi connectivity index (χ3v) is 3.02. The highest BCUT2D eigenvalue weighted by Gasteiger charge is 1.97. The van der Waals surface area contributed by atoms with Gasteiger partial charge in [0.05, 0.1) is 11.9 Å². The Labute approximate surface area is 115 Å². The molecule has 0 saturated carbocycles. The van der Waals surface area contributed by atoms with Gasteiger partial charge in [-0.3, -0.25) is 0 Å². The molecule has 0 amide bonds. The molecule has 0 unspecified atom stereocenters. The van der Waals surface area contributed by atoms with Crippen LogP contribution in [0.15, 0.2) is 48.7 Å². The standard InChI is InChI=1S/C16H21N3/c1-19(2)16-11-10-15(13-18-16)17-12-6-9-14-7-4-3-5-8-14/h3-5,7-8,10-11,13,17H,6,9,12H2,1-2H3. The van der Waals surface area contributed by atoms with Crippen LogP contribution in [-0.4, -0.2) is 25.6 Å². The van der Waals surface area contributed by atoms with Crippen LogP contribution < -0.4 is 10.2 Å². The Bertz CT molecular complexity index is 477. The quantitative estimate of drug-likeness (QED) is 0.803. The lowest BCUT2D eigenvalue weighted by atomic mass is 10.1. The fourth-order valence-electron chi connectivity index (χ4n) is 1.93. The first-order valence-electron chi connectivity index (χ1n) is 6.67.